The number of aromatic nitrogens is 1. The maximum absolute atomic E-state index is 13.8. The summed E-state index contributed by atoms with van der Waals surface area (Å²) in [5.74, 6) is 0.515. The molecule has 1 N–H and O–H groups in total. The average Bonchev–Trinajstić information content (AvgIpc) is 3.16. The van der Waals surface area contributed by atoms with E-state index in [1.165, 1.54) is 11.3 Å². The summed E-state index contributed by atoms with van der Waals surface area (Å²) in [5, 5.41) is 10.1. The summed E-state index contributed by atoms with van der Waals surface area (Å²) >= 11 is 7.94. The molecule has 0 saturated carbocycles. The van der Waals surface area contributed by atoms with Crippen LogP contribution in [0.5, 0.6) is 11.5 Å². The Balaban J connectivity index is 2.00. The predicted molar refractivity (Wildman–Crippen MR) is 148 cm³/mol. The summed E-state index contributed by atoms with van der Waals surface area (Å²) in [5.41, 5.74) is 2.21. The van der Waals surface area contributed by atoms with Gasteiger partial charge in [-0.25, -0.2) is 4.99 Å². The zero-order valence-electron chi connectivity index (χ0n) is 20.2. The maximum Gasteiger partial charge on any atom is 0.271 e. The first-order valence-corrected chi connectivity index (χ1v) is 13.7. The number of phenolic OH excluding ortho intramolecular Hbond substituents is 1. The van der Waals surface area contributed by atoms with Gasteiger partial charge in [0.15, 0.2) is 4.80 Å². The Morgan fingerprint density at radius 1 is 1.22 bits per heavy atom. The van der Waals surface area contributed by atoms with Crippen LogP contribution in [-0.4, -0.2) is 40.7 Å². The minimum Gasteiger partial charge on any atom is -0.506 e. The lowest BCUT2D eigenvalue weighted by Gasteiger charge is -2.29. The van der Waals surface area contributed by atoms with Crippen LogP contribution in [0.2, 0.25) is 0 Å². The average molecular weight is 635 g/mol. The number of ether oxygens (including phenoxy) is 1. The molecule has 0 unspecified atom stereocenters. The molecular weight excluding hydrogens is 610 g/mol. The molecule has 0 bridgehead atoms. The molecule has 0 spiro atoms. The number of benzene rings is 2. The minimum atomic E-state index is -0.689. The number of carbonyl (C=O) groups is 1. The lowest BCUT2D eigenvalue weighted by Crippen LogP contribution is -2.43. The van der Waals surface area contributed by atoms with E-state index >= 15 is 0 Å². The van der Waals surface area contributed by atoms with Crippen molar-refractivity contribution in [2.75, 3.05) is 20.2 Å². The molecule has 0 fully saturated rings. The Hall–Kier alpha value is -2.69. The Kier molecular flexibility index (Phi) is 7.87. The molecule has 0 aliphatic carbocycles. The van der Waals surface area contributed by atoms with Crippen LogP contribution in [0, 0.1) is 0 Å². The van der Waals surface area contributed by atoms with Crippen LogP contribution in [0.1, 0.15) is 37.9 Å². The molecule has 7 nitrogen and oxygen atoms in total. The fourth-order valence-corrected chi connectivity index (χ4v) is 6.55. The van der Waals surface area contributed by atoms with E-state index in [2.05, 4.69) is 31.9 Å². The first-order valence-electron chi connectivity index (χ1n) is 11.3. The van der Waals surface area contributed by atoms with Crippen LogP contribution < -0.4 is 19.6 Å². The van der Waals surface area contributed by atoms with Gasteiger partial charge in [-0.05, 0) is 82.5 Å². The van der Waals surface area contributed by atoms with Crippen molar-refractivity contribution >= 4 is 55.2 Å². The summed E-state index contributed by atoms with van der Waals surface area (Å²) in [4.78, 5) is 34.5. The number of amides is 1. The number of thiazole rings is 1. The van der Waals surface area contributed by atoms with E-state index in [4.69, 9.17) is 9.73 Å². The number of allylic oxidation sites excluding steroid dienone is 1. The topological polar surface area (TPSA) is 84.1 Å². The van der Waals surface area contributed by atoms with E-state index in [0.29, 0.717) is 54.0 Å². The van der Waals surface area contributed by atoms with Crippen molar-refractivity contribution in [3.8, 4) is 11.5 Å². The first kappa shape index (κ1) is 26.4. The fourth-order valence-electron chi connectivity index (χ4n) is 4.28. The third-order valence-electron chi connectivity index (χ3n) is 6.07. The maximum atomic E-state index is 13.8. The van der Waals surface area contributed by atoms with Crippen LogP contribution in [0.15, 0.2) is 66.4 Å². The van der Waals surface area contributed by atoms with Crippen molar-refractivity contribution in [2.24, 2.45) is 4.99 Å². The number of halogens is 2. The highest BCUT2D eigenvalue weighted by molar-refractivity contribution is 9.11. The normalized spacial score (nSPS) is 15.5. The molecular formula is C26H25Br2N3O4S. The molecule has 2 aromatic carbocycles. The van der Waals surface area contributed by atoms with Crippen molar-refractivity contribution in [1.29, 1.82) is 0 Å². The number of likely N-dealkylation sites (N-methyl/N-ethyl adjacent to an activating group) is 1. The van der Waals surface area contributed by atoms with Crippen molar-refractivity contribution in [3.63, 3.8) is 0 Å². The van der Waals surface area contributed by atoms with Gasteiger partial charge in [-0.3, -0.25) is 14.2 Å². The molecule has 4 rings (SSSR count). The van der Waals surface area contributed by atoms with Crippen LogP contribution >= 0.6 is 43.2 Å². The molecule has 2 heterocycles. The SMILES string of the molecule is CCN(CC)C(=O)C1=C(C)N=c2s/c(=C/c3cc(Br)c(O)c(Br)c3)c(=O)n2[C@H]1c1ccccc1OC. The number of hydrogen-bond acceptors (Lipinski definition) is 6. The highest BCUT2D eigenvalue weighted by Gasteiger charge is 2.35. The van der Waals surface area contributed by atoms with Crippen LogP contribution in [0.25, 0.3) is 6.08 Å². The molecule has 188 valence electrons. The van der Waals surface area contributed by atoms with Crippen molar-refractivity contribution in [2.45, 2.75) is 26.8 Å². The fraction of sp³-hybridized carbons (Fsp3) is 0.269. The quantitative estimate of drug-likeness (QED) is 0.437. The van der Waals surface area contributed by atoms with Crippen molar-refractivity contribution < 1.29 is 14.6 Å². The van der Waals surface area contributed by atoms with Gasteiger partial charge in [0.05, 0.1) is 31.9 Å². The zero-order chi connectivity index (χ0) is 26.1. The van der Waals surface area contributed by atoms with Gasteiger partial charge in [-0.1, -0.05) is 29.5 Å². The molecule has 10 heteroatoms. The van der Waals surface area contributed by atoms with Crippen LogP contribution in [0.3, 0.4) is 0 Å². The summed E-state index contributed by atoms with van der Waals surface area (Å²) in [6, 6.07) is 10.2. The van der Waals surface area contributed by atoms with Gasteiger partial charge >= 0.3 is 0 Å². The van der Waals surface area contributed by atoms with Gasteiger partial charge in [0.2, 0.25) is 0 Å². The predicted octanol–water partition coefficient (Wildman–Crippen LogP) is 4.34. The van der Waals surface area contributed by atoms with Gasteiger partial charge in [0.25, 0.3) is 11.5 Å². The van der Waals surface area contributed by atoms with Crippen molar-refractivity contribution in [3.05, 3.63) is 87.4 Å². The second kappa shape index (κ2) is 10.7. The summed E-state index contributed by atoms with van der Waals surface area (Å²) in [6.07, 6.45) is 1.75. The first-order chi connectivity index (χ1) is 17.2. The molecule has 1 amide bonds. The lowest BCUT2D eigenvalue weighted by atomic mass is 9.94. The zero-order valence-corrected chi connectivity index (χ0v) is 24.2. The Bertz CT molecular complexity index is 1530. The summed E-state index contributed by atoms with van der Waals surface area (Å²) < 4.78 is 8.70. The van der Waals surface area contributed by atoms with E-state index < -0.39 is 6.04 Å². The van der Waals surface area contributed by atoms with Gasteiger partial charge in [-0.2, -0.15) is 0 Å². The number of fused-ring (bicyclic) bond motifs is 1. The second-order valence-electron chi connectivity index (χ2n) is 8.13. The summed E-state index contributed by atoms with van der Waals surface area (Å²) in [7, 11) is 1.57. The minimum absolute atomic E-state index is 0.0833. The number of phenols is 1. The van der Waals surface area contributed by atoms with Gasteiger partial charge in [-0.15, -0.1) is 0 Å². The lowest BCUT2D eigenvalue weighted by molar-refractivity contribution is -0.127. The standard InChI is InChI=1S/C26H25Br2N3O4S/c1-5-30(6-2)25(34)21-14(3)29-26-31(22(21)16-9-7-8-10-19(16)35-4)24(33)20(36-26)13-15-11-17(27)23(32)18(28)12-15/h7-13,22,32H,5-6H2,1-4H3/b20-13+/t22-/m0/s1. The molecule has 1 aliphatic heterocycles. The number of methoxy groups -OCH3 is 1. The largest absolute Gasteiger partial charge is 0.506 e. The third kappa shape index (κ3) is 4.69. The molecule has 1 atom stereocenters. The number of nitrogens with zero attached hydrogens (tertiary/aromatic N) is 3. The Morgan fingerprint density at radius 3 is 2.47 bits per heavy atom. The number of aromatic hydroxyl groups is 1. The molecule has 0 saturated heterocycles. The summed E-state index contributed by atoms with van der Waals surface area (Å²) in [6.45, 7) is 6.75. The molecule has 1 aromatic heterocycles. The second-order valence-corrected chi connectivity index (χ2v) is 10.9. The highest BCUT2D eigenvalue weighted by Crippen LogP contribution is 2.36. The highest BCUT2D eigenvalue weighted by atomic mass is 79.9. The number of hydrogen-bond donors (Lipinski definition) is 1. The van der Waals surface area contributed by atoms with Gasteiger partial charge in [0, 0.05) is 18.7 Å². The smallest absolute Gasteiger partial charge is 0.271 e. The molecule has 0 radical (unpaired) electrons. The van der Waals surface area contributed by atoms with E-state index in [1.54, 1.807) is 34.8 Å². The van der Waals surface area contributed by atoms with E-state index in [1.807, 2.05) is 45.0 Å². The van der Waals surface area contributed by atoms with Gasteiger partial charge < -0.3 is 14.7 Å². The van der Waals surface area contributed by atoms with Crippen molar-refractivity contribution in [1.82, 2.24) is 9.47 Å². The van der Waals surface area contributed by atoms with Crippen LogP contribution in [0.4, 0.5) is 0 Å². The molecule has 36 heavy (non-hydrogen) atoms. The van der Waals surface area contributed by atoms with Gasteiger partial charge in [0.1, 0.15) is 17.5 Å². The number of para-hydroxylation sites is 1. The Labute approximate surface area is 229 Å². The molecule has 3 aromatic rings. The monoisotopic (exact) mass is 633 g/mol. The Morgan fingerprint density at radius 2 is 1.86 bits per heavy atom. The van der Waals surface area contributed by atoms with E-state index in [-0.39, 0.29) is 17.2 Å². The van der Waals surface area contributed by atoms with E-state index in [0.717, 1.165) is 5.56 Å². The number of carbonyl (C=O) groups excluding carboxylic acids is 1. The number of rotatable bonds is 6. The molecule has 1 aliphatic rings. The van der Waals surface area contributed by atoms with E-state index in [9.17, 15) is 14.7 Å². The van der Waals surface area contributed by atoms with Crippen LogP contribution in [-0.2, 0) is 4.79 Å². The third-order valence-corrected chi connectivity index (χ3v) is 8.27.